The van der Waals surface area contributed by atoms with Gasteiger partial charge in [-0.25, -0.2) is 0 Å². The summed E-state index contributed by atoms with van der Waals surface area (Å²) in [6, 6.07) is 17.5. The lowest BCUT2D eigenvalue weighted by Crippen LogP contribution is -2.22. The minimum absolute atomic E-state index is 0.113. The summed E-state index contributed by atoms with van der Waals surface area (Å²) in [6.07, 6.45) is 8.31. The number of nitrogens with two attached hydrogens (primary N) is 2. The highest BCUT2D eigenvalue weighted by molar-refractivity contribution is 6.07. The van der Waals surface area contributed by atoms with Crippen LogP contribution in [0.1, 0.15) is 150 Å². The van der Waals surface area contributed by atoms with Gasteiger partial charge in [-0.2, -0.15) is 0 Å². The molecule has 0 heterocycles. The fourth-order valence-corrected chi connectivity index (χ4v) is 6.64. The molecule has 4 aromatic rings. The van der Waals surface area contributed by atoms with Crippen molar-refractivity contribution in [2.24, 2.45) is 0 Å². The van der Waals surface area contributed by atoms with Gasteiger partial charge in [0.1, 0.15) is 23.0 Å². The number of carbonyl (C=O) groups is 2. The van der Waals surface area contributed by atoms with Gasteiger partial charge in [0.15, 0.2) is 11.6 Å². The van der Waals surface area contributed by atoms with E-state index in [1.165, 1.54) is 6.08 Å². The van der Waals surface area contributed by atoms with Gasteiger partial charge in [0, 0.05) is 55.9 Å². The zero-order chi connectivity index (χ0) is 44.0. The minimum atomic E-state index is -0.333. The van der Waals surface area contributed by atoms with E-state index >= 15 is 0 Å². The van der Waals surface area contributed by atoms with E-state index in [1.54, 1.807) is 81.0 Å². The highest BCUT2D eigenvalue weighted by atomic mass is 16.5. The number of ketones is 2. The van der Waals surface area contributed by atoms with Gasteiger partial charge in [-0.3, -0.25) is 9.59 Å². The first-order chi connectivity index (χ1) is 26.8. The van der Waals surface area contributed by atoms with Crippen molar-refractivity contribution in [3.8, 4) is 23.0 Å². The molecule has 0 atom stereocenters. The Morgan fingerprint density at radius 3 is 1.28 bits per heavy atom. The minimum Gasteiger partial charge on any atom is -0.507 e. The summed E-state index contributed by atoms with van der Waals surface area (Å²) in [7, 11) is 3.19. The Bertz CT molecular complexity index is 2140. The number of aromatic hydroxyl groups is 2. The van der Waals surface area contributed by atoms with Crippen molar-refractivity contribution in [2.45, 2.75) is 118 Å². The molecule has 4 rings (SSSR count). The van der Waals surface area contributed by atoms with E-state index in [-0.39, 0.29) is 44.7 Å². The van der Waals surface area contributed by atoms with Crippen LogP contribution in [0.2, 0.25) is 0 Å². The number of phenols is 2. The fraction of sp³-hybridized carbons (Fsp3) is 0.400. The van der Waals surface area contributed by atoms with Gasteiger partial charge in [-0.15, -0.1) is 0 Å². The third-order valence-corrected chi connectivity index (χ3v) is 10.9. The van der Waals surface area contributed by atoms with Crippen molar-refractivity contribution in [1.29, 1.82) is 0 Å². The Labute approximate surface area is 347 Å². The SMILES string of the molecule is CCC(C)(C)c1cc(C=CC(=O)c2ccc(N)cc2)c(OC)c(C(C)(C)CC)c1O.COc1c(C=CC(=O)c2ccc(N)cc2)cc(C(C)(C)C)c(O)c1C(C)(C)C. The summed E-state index contributed by atoms with van der Waals surface area (Å²) in [5.41, 5.74) is 17.4. The lowest BCUT2D eigenvalue weighted by atomic mass is 9.74. The monoisotopic (exact) mass is 790 g/mol. The van der Waals surface area contributed by atoms with Crippen molar-refractivity contribution in [1.82, 2.24) is 0 Å². The molecule has 0 amide bonds. The number of rotatable bonds is 12. The Morgan fingerprint density at radius 2 is 0.931 bits per heavy atom. The van der Waals surface area contributed by atoms with Crippen LogP contribution >= 0.6 is 0 Å². The van der Waals surface area contributed by atoms with Crippen LogP contribution in [0.5, 0.6) is 23.0 Å². The largest absolute Gasteiger partial charge is 0.507 e. The van der Waals surface area contributed by atoms with E-state index < -0.39 is 0 Å². The van der Waals surface area contributed by atoms with Crippen LogP contribution in [0.3, 0.4) is 0 Å². The first kappa shape index (κ1) is 46.9. The van der Waals surface area contributed by atoms with E-state index in [0.29, 0.717) is 34.0 Å². The van der Waals surface area contributed by atoms with E-state index in [0.717, 1.165) is 46.2 Å². The molecule has 0 fully saturated rings. The molecule has 58 heavy (non-hydrogen) atoms. The summed E-state index contributed by atoms with van der Waals surface area (Å²) >= 11 is 0. The average Bonchev–Trinajstić information content (AvgIpc) is 3.15. The molecule has 312 valence electrons. The number of anilines is 2. The summed E-state index contributed by atoms with van der Waals surface area (Å²) in [4.78, 5) is 25.2. The number of carbonyl (C=O) groups excluding carboxylic acids is 2. The van der Waals surface area contributed by atoms with Gasteiger partial charge < -0.3 is 31.2 Å². The molecule has 6 N–H and O–H groups in total. The second-order valence-corrected chi connectivity index (χ2v) is 18.2. The molecule has 0 aliphatic heterocycles. The van der Waals surface area contributed by atoms with Crippen molar-refractivity contribution in [3.05, 3.63) is 117 Å². The molecule has 8 heteroatoms. The zero-order valence-electron chi connectivity index (χ0n) is 37.2. The Balaban J connectivity index is 0.000000311. The van der Waals surface area contributed by atoms with Gasteiger partial charge in [0.25, 0.3) is 0 Å². The van der Waals surface area contributed by atoms with Crippen LogP contribution in [-0.2, 0) is 21.7 Å². The van der Waals surface area contributed by atoms with Crippen molar-refractivity contribution in [3.63, 3.8) is 0 Å². The van der Waals surface area contributed by atoms with E-state index in [9.17, 15) is 19.8 Å². The maximum absolute atomic E-state index is 12.7. The van der Waals surface area contributed by atoms with Gasteiger partial charge in [0.05, 0.1) is 14.2 Å². The number of hydrogen-bond donors (Lipinski definition) is 4. The number of hydrogen-bond acceptors (Lipinski definition) is 8. The Kier molecular flexibility index (Phi) is 14.9. The molecule has 0 aliphatic carbocycles. The molecule has 0 unspecified atom stereocenters. The third-order valence-electron chi connectivity index (χ3n) is 10.9. The summed E-state index contributed by atoms with van der Waals surface area (Å²) in [5.74, 6) is 1.49. The van der Waals surface area contributed by atoms with Crippen molar-refractivity contribution in [2.75, 3.05) is 25.7 Å². The lowest BCUT2D eigenvalue weighted by Gasteiger charge is -2.32. The summed E-state index contributed by atoms with van der Waals surface area (Å²) in [5, 5.41) is 22.3. The molecule has 0 spiro atoms. The standard InChI is InChI=1S/C26H35NO3.C24H31NO3/c1-8-25(3,4)20-16-18(12-15-21(28)17-10-13-19(27)14-11-17)24(30-7)22(23(20)29)26(5,6)9-2;1-23(2,3)18-14-16(22(28-7)20(21(18)27)24(4,5)6)10-13-19(26)15-8-11-17(25)12-9-15/h10-16,29H,8-9,27H2,1-7H3;8-14,27H,25H2,1-7H3. The lowest BCUT2D eigenvalue weighted by molar-refractivity contribution is 0.103. The number of phenolic OH excluding ortho intramolecular Hbond substituents is 2. The van der Waals surface area contributed by atoms with Crippen molar-refractivity contribution >= 4 is 35.1 Å². The van der Waals surface area contributed by atoms with E-state index in [1.807, 2.05) is 53.7 Å². The summed E-state index contributed by atoms with van der Waals surface area (Å²) in [6.45, 7) is 24.9. The maximum Gasteiger partial charge on any atom is 0.185 e. The number of methoxy groups -OCH3 is 2. The van der Waals surface area contributed by atoms with Crippen LogP contribution < -0.4 is 20.9 Å². The van der Waals surface area contributed by atoms with Gasteiger partial charge in [-0.05, 0) is 119 Å². The van der Waals surface area contributed by atoms with Crippen LogP contribution in [-0.4, -0.2) is 36.0 Å². The molecular weight excluding hydrogens is 725 g/mol. The molecule has 0 saturated carbocycles. The zero-order valence-corrected chi connectivity index (χ0v) is 37.2. The first-order valence-corrected chi connectivity index (χ1v) is 19.9. The third kappa shape index (κ3) is 10.9. The van der Waals surface area contributed by atoms with Crippen LogP contribution in [0.15, 0.2) is 72.8 Å². The predicted octanol–water partition coefficient (Wildman–Crippen LogP) is 11.7. The number of ether oxygens (including phenoxy) is 2. The smallest absolute Gasteiger partial charge is 0.185 e. The summed E-state index contributed by atoms with van der Waals surface area (Å²) < 4.78 is 11.4. The van der Waals surface area contributed by atoms with Crippen molar-refractivity contribution < 1.29 is 29.3 Å². The maximum atomic E-state index is 12.7. The first-order valence-electron chi connectivity index (χ1n) is 19.9. The topological polar surface area (TPSA) is 145 Å². The molecule has 0 bridgehead atoms. The molecule has 4 aromatic carbocycles. The van der Waals surface area contributed by atoms with Gasteiger partial charge in [-0.1, -0.05) is 83.1 Å². The van der Waals surface area contributed by atoms with Crippen LogP contribution in [0, 0.1) is 0 Å². The van der Waals surface area contributed by atoms with Gasteiger partial charge >= 0.3 is 0 Å². The molecule has 8 nitrogen and oxygen atoms in total. The number of benzene rings is 4. The molecule has 0 aromatic heterocycles. The fourth-order valence-electron chi connectivity index (χ4n) is 6.64. The second kappa shape index (κ2) is 18.4. The highest BCUT2D eigenvalue weighted by Gasteiger charge is 2.34. The van der Waals surface area contributed by atoms with E-state index in [2.05, 4.69) is 41.5 Å². The second-order valence-electron chi connectivity index (χ2n) is 18.2. The van der Waals surface area contributed by atoms with Crippen LogP contribution in [0.4, 0.5) is 11.4 Å². The Morgan fingerprint density at radius 1 is 0.569 bits per heavy atom. The quantitative estimate of drug-likeness (QED) is 0.0630. The number of allylic oxidation sites excluding steroid dienone is 2. The Hall–Kier alpha value is -5.50. The van der Waals surface area contributed by atoms with E-state index in [4.69, 9.17) is 20.9 Å². The normalized spacial score (nSPS) is 12.4. The van der Waals surface area contributed by atoms with Gasteiger partial charge in [0.2, 0.25) is 0 Å². The molecule has 0 saturated heterocycles. The van der Waals surface area contributed by atoms with Crippen LogP contribution in [0.25, 0.3) is 12.2 Å². The highest BCUT2D eigenvalue weighted by Crippen LogP contribution is 2.49. The number of nitrogen functional groups attached to an aromatic ring is 2. The molecule has 0 radical (unpaired) electrons. The average molecular weight is 791 g/mol. The molecule has 0 aliphatic rings. The predicted molar refractivity (Wildman–Crippen MR) is 242 cm³/mol. The molecular formula is C50H66N2O6.